The van der Waals surface area contributed by atoms with Crippen molar-refractivity contribution < 1.29 is 13.5 Å². The molecule has 2 heterocycles. The Bertz CT molecular complexity index is 716. The fourth-order valence-corrected chi connectivity index (χ4v) is 2.70. The number of hydrogen-bond donors (Lipinski definition) is 1. The molecule has 0 saturated carbocycles. The monoisotopic (exact) mass is 350 g/mol. The number of hydrogen-bond acceptors (Lipinski definition) is 5. The van der Waals surface area contributed by atoms with Gasteiger partial charge in [-0.15, -0.1) is 0 Å². The Labute approximate surface area is 146 Å². The van der Waals surface area contributed by atoms with Gasteiger partial charge in [0.2, 0.25) is 0 Å². The van der Waals surface area contributed by atoms with Gasteiger partial charge in [0.1, 0.15) is 11.4 Å². The predicted octanol–water partition coefficient (Wildman–Crippen LogP) is 3.93. The van der Waals surface area contributed by atoms with Gasteiger partial charge in [-0.2, -0.15) is 10.2 Å². The van der Waals surface area contributed by atoms with Gasteiger partial charge in [-0.25, -0.2) is 13.8 Å². The molecular weight excluding hydrogens is 326 g/mol. The molecular formula is C18H24F2N4O. The fourth-order valence-electron chi connectivity index (χ4n) is 2.70. The maximum absolute atomic E-state index is 13.4. The van der Waals surface area contributed by atoms with Gasteiger partial charge < -0.3 is 10.5 Å². The van der Waals surface area contributed by atoms with Crippen molar-refractivity contribution in [2.24, 2.45) is 11.7 Å². The number of aromatic nitrogens is 3. The lowest BCUT2D eigenvalue weighted by molar-refractivity contribution is 0.136. The van der Waals surface area contributed by atoms with Gasteiger partial charge >= 0.3 is 0 Å². The van der Waals surface area contributed by atoms with Crippen LogP contribution in [0.1, 0.15) is 45.0 Å². The molecule has 2 aromatic rings. The topological polar surface area (TPSA) is 73.9 Å². The van der Waals surface area contributed by atoms with E-state index >= 15 is 0 Å². The Hall–Kier alpha value is -2.15. The van der Waals surface area contributed by atoms with Crippen molar-refractivity contribution in [2.45, 2.75) is 46.1 Å². The summed E-state index contributed by atoms with van der Waals surface area (Å²) in [5, 5.41) is 7.69. The Morgan fingerprint density at radius 3 is 2.60 bits per heavy atom. The van der Waals surface area contributed by atoms with Crippen LogP contribution in [0.4, 0.5) is 8.78 Å². The molecule has 0 bridgehead atoms. The molecule has 0 aromatic carbocycles. The zero-order valence-electron chi connectivity index (χ0n) is 15.0. The highest BCUT2D eigenvalue weighted by Crippen LogP contribution is 2.31. The fraction of sp³-hybridized carbons (Fsp3) is 0.500. The van der Waals surface area contributed by atoms with Crippen molar-refractivity contribution in [3.63, 3.8) is 0 Å². The zero-order valence-corrected chi connectivity index (χ0v) is 15.0. The van der Waals surface area contributed by atoms with Crippen LogP contribution in [0.25, 0.3) is 11.3 Å². The first-order valence-electron chi connectivity index (χ1n) is 8.16. The number of alkyl halides is 2. The largest absolute Gasteiger partial charge is 0.491 e. The maximum Gasteiger partial charge on any atom is 0.284 e. The second-order valence-corrected chi connectivity index (χ2v) is 7.08. The second kappa shape index (κ2) is 7.82. The van der Waals surface area contributed by atoms with E-state index < -0.39 is 6.43 Å². The van der Waals surface area contributed by atoms with E-state index in [4.69, 9.17) is 10.5 Å². The van der Waals surface area contributed by atoms with Crippen LogP contribution < -0.4 is 10.5 Å². The van der Waals surface area contributed by atoms with Gasteiger partial charge in [-0.1, -0.05) is 6.92 Å². The van der Waals surface area contributed by atoms with E-state index in [-0.39, 0.29) is 22.9 Å². The van der Waals surface area contributed by atoms with Gasteiger partial charge in [0.15, 0.2) is 0 Å². The molecule has 0 aliphatic rings. The normalized spacial score (nSPS) is 13.1. The summed E-state index contributed by atoms with van der Waals surface area (Å²) in [4.78, 5) is 4.07. The number of ether oxygens (including phenoxy) is 1. The van der Waals surface area contributed by atoms with Crippen LogP contribution in [0, 0.1) is 12.8 Å². The first-order chi connectivity index (χ1) is 11.7. The van der Waals surface area contributed by atoms with Crippen molar-refractivity contribution in [1.82, 2.24) is 15.2 Å². The van der Waals surface area contributed by atoms with Crippen LogP contribution in [0.3, 0.4) is 0 Å². The number of nitrogens with two attached hydrogens (primary N) is 1. The molecule has 5 nitrogen and oxygen atoms in total. The first kappa shape index (κ1) is 19.2. The molecule has 1 atom stereocenters. The minimum Gasteiger partial charge on any atom is -0.491 e. The standard InChI is InChI=1S/C18H24F2N4O/c1-11(8-18(3,4)21)10-25-15-6-5-14(23-16(15)17(19)20)13-7-12(2)24-22-9-13/h5-7,9,11,17H,8,10,21H2,1-4H3/t11-/m0/s1. The summed E-state index contributed by atoms with van der Waals surface area (Å²) < 4.78 is 32.4. The molecule has 2 rings (SSSR count). The molecule has 0 fully saturated rings. The molecule has 0 radical (unpaired) electrons. The zero-order chi connectivity index (χ0) is 18.6. The third-order valence-corrected chi connectivity index (χ3v) is 3.56. The molecule has 0 unspecified atom stereocenters. The van der Waals surface area contributed by atoms with E-state index in [1.807, 2.05) is 20.8 Å². The number of nitrogens with zero attached hydrogens (tertiary/aromatic N) is 3. The van der Waals surface area contributed by atoms with E-state index in [0.29, 0.717) is 23.6 Å². The van der Waals surface area contributed by atoms with E-state index in [1.165, 1.54) is 12.3 Å². The Kier molecular flexibility index (Phi) is 6.00. The summed E-state index contributed by atoms with van der Waals surface area (Å²) in [6.07, 6.45) is -0.506. The van der Waals surface area contributed by atoms with Crippen molar-refractivity contribution in [3.8, 4) is 17.0 Å². The van der Waals surface area contributed by atoms with Gasteiger partial charge in [0.05, 0.1) is 24.2 Å². The lowest BCUT2D eigenvalue weighted by Crippen LogP contribution is -2.35. The molecule has 0 aliphatic heterocycles. The van der Waals surface area contributed by atoms with E-state index in [9.17, 15) is 8.78 Å². The Morgan fingerprint density at radius 2 is 2.00 bits per heavy atom. The van der Waals surface area contributed by atoms with Crippen LogP contribution in [0.15, 0.2) is 24.4 Å². The predicted molar refractivity (Wildman–Crippen MR) is 92.5 cm³/mol. The van der Waals surface area contributed by atoms with Gasteiger partial charge in [0, 0.05) is 11.1 Å². The van der Waals surface area contributed by atoms with E-state index in [0.717, 1.165) is 6.42 Å². The highest BCUT2D eigenvalue weighted by Gasteiger charge is 2.20. The maximum atomic E-state index is 13.4. The number of aryl methyl sites for hydroxylation is 1. The van der Waals surface area contributed by atoms with Crippen molar-refractivity contribution in [2.75, 3.05) is 6.61 Å². The van der Waals surface area contributed by atoms with Crippen LogP contribution >= 0.6 is 0 Å². The smallest absolute Gasteiger partial charge is 0.284 e. The van der Waals surface area contributed by atoms with Crippen molar-refractivity contribution in [1.29, 1.82) is 0 Å². The Morgan fingerprint density at radius 1 is 1.28 bits per heavy atom. The SMILES string of the molecule is Cc1cc(-c2ccc(OC[C@@H](C)CC(C)(C)N)c(C(F)F)n2)cnn1. The highest BCUT2D eigenvalue weighted by atomic mass is 19.3. The molecule has 0 aliphatic carbocycles. The van der Waals surface area contributed by atoms with Gasteiger partial charge in [-0.05, 0) is 51.3 Å². The van der Waals surface area contributed by atoms with Crippen LogP contribution in [-0.2, 0) is 0 Å². The van der Waals surface area contributed by atoms with Crippen LogP contribution in [-0.4, -0.2) is 27.3 Å². The first-order valence-corrected chi connectivity index (χ1v) is 8.16. The molecule has 7 heteroatoms. The van der Waals surface area contributed by atoms with Gasteiger partial charge in [0.25, 0.3) is 6.43 Å². The second-order valence-electron chi connectivity index (χ2n) is 7.08. The summed E-state index contributed by atoms with van der Waals surface area (Å²) in [5.74, 6) is 0.233. The molecule has 2 N–H and O–H groups in total. The number of rotatable bonds is 7. The molecule has 0 saturated heterocycles. The summed E-state index contributed by atoms with van der Waals surface area (Å²) in [6.45, 7) is 7.91. The lowest BCUT2D eigenvalue weighted by Gasteiger charge is -2.23. The quantitative estimate of drug-likeness (QED) is 0.819. The van der Waals surface area contributed by atoms with E-state index in [2.05, 4.69) is 15.2 Å². The minimum absolute atomic E-state index is 0.0964. The third kappa shape index (κ3) is 5.70. The third-order valence-electron chi connectivity index (χ3n) is 3.56. The average Bonchev–Trinajstić information content (AvgIpc) is 2.51. The molecule has 0 spiro atoms. The number of halogens is 2. The highest BCUT2D eigenvalue weighted by molar-refractivity contribution is 5.59. The Balaban J connectivity index is 2.19. The summed E-state index contributed by atoms with van der Waals surface area (Å²) in [6, 6.07) is 4.92. The molecule has 25 heavy (non-hydrogen) atoms. The molecule has 136 valence electrons. The lowest BCUT2D eigenvalue weighted by atomic mass is 9.93. The number of pyridine rings is 1. The van der Waals surface area contributed by atoms with Crippen LogP contribution in [0.2, 0.25) is 0 Å². The summed E-state index contributed by atoms with van der Waals surface area (Å²) in [5.41, 5.74) is 7.02. The molecule has 0 amide bonds. The summed E-state index contributed by atoms with van der Waals surface area (Å²) in [7, 11) is 0. The minimum atomic E-state index is -2.73. The average molecular weight is 350 g/mol. The van der Waals surface area contributed by atoms with Gasteiger partial charge in [-0.3, -0.25) is 0 Å². The summed E-state index contributed by atoms with van der Waals surface area (Å²) >= 11 is 0. The molecule has 2 aromatic heterocycles. The van der Waals surface area contributed by atoms with Crippen LogP contribution in [0.5, 0.6) is 5.75 Å². The van der Waals surface area contributed by atoms with Crippen molar-refractivity contribution >= 4 is 0 Å². The van der Waals surface area contributed by atoms with E-state index in [1.54, 1.807) is 19.1 Å². The van der Waals surface area contributed by atoms with Crippen molar-refractivity contribution in [3.05, 3.63) is 35.8 Å².